The molecular formula is C8H16N4O2S. The van der Waals surface area contributed by atoms with Crippen LogP contribution in [0.3, 0.4) is 0 Å². The first-order chi connectivity index (χ1) is 6.75. The molecule has 0 aliphatic heterocycles. The van der Waals surface area contributed by atoms with Gasteiger partial charge in [0, 0.05) is 13.0 Å². The monoisotopic (exact) mass is 232 g/mol. The molecule has 1 heterocycles. The van der Waals surface area contributed by atoms with Crippen molar-refractivity contribution < 1.29 is 8.42 Å². The van der Waals surface area contributed by atoms with Crippen molar-refractivity contribution in [1.29, 1.82) is 0 Å². The van der Waals surface area contributed by atoms with Crippen LogP contribution in [-0.4, -0.2) is 23.2 Å². The van der Waals surface area contributed by atoms with Gasteiger partial charge in [-0.2, -0.15) is 0 Å². The first kappa shape index (κ1) is 12.1. The van der Waals surface area contributed by atoms with E-state index in [1.165, 1.54) is 4.57 Å². The number of hydrogen-bond donors (Lipinski definition) is 1. The van der Waals surface area contributed by atoms with Crippen LogP contribution in [0.15, 0.2) is 5.16 Å². The molecule has 0 aliphatic rings. The maximum Gasteiger partial charge on any atom is 0.273 e. The standard InChI is InChI=1S/C8H16N4O2S/c1-5(2)6(3)7-10-11-8(12(7)4)15(9,13)14/h5-6H,1-4H3,(H2,9,13,14). The Kier molecular flexibility index (Phi) is 3.15. The van der Waals surface area contributed by atoms with Gasteiger partial charge in [-0.1, -0.05) is 20.8 Å². The first-order valence-electron chi connectivity index (χ1n) is 4.67. The van der Waals surface area contributed by atoms with Crippen molar-refractivity contribution in [2.24, 2.45) is 18.1 Å². The first-order valence-corrected chi connectivity index (χ1v) is 6.22. The molecule has 2 N–H and O–H groups in total. The zero-order valence-electron chi connectivity index (χ0n) is 9.30. The molecule has 1 aromatic heterocycles. The molecule has 1 atom stereocenters. The summed E-state index contributed by atoms with van der Waals surface area (Å²) in [7, 11) is -2.18. The van der Waals surface area contributed by atoms with Gasteiger partial charge in [0.1, 0.15) is 5.82 Å². The van der Waals surface area contributed by atoms with Gasteiger partial charge >= 0.3 is 0 Å². The largest absolute Gasteiger partial charge is 0.304 e. The lowest BCUT2D eigenvalue weighted by molar-refractivity contribution is 0.489. The van der Waals surface area contributed by atoms with Crippen LogP contribution < -0.4 is 5.14 Å². The van der Waals surface area contributed by atoms with Gasteiger partial charge < -0.3 is 4.57 Å². The van der Waals surface area contributed by atoms with Gasteiger partial charge in [-0.05, 0) is 5.92 Å². The van der Waals surface area contributed by atoms with E-state index in [1.807, 2.05) is 20.8 Å². The van der Waals surface area contributed by atoms with E-state index in [4.69, 9.17) is 5.14 Å². The molecule has 0 saturated heterocycles. The van der Waals surface area contributed by atoms with Crippen molar-refractivity contribution in [3.05, 3.63) is 5.82 Å². The Morgan fingerprint density at radius 1 is 1.27 bits per heavy atom. The van der Waals surface area contributed by atoms with Gasteiger partial charge in [0.2, 0.25) is 0 Å². The highest BCUT2D eigenvalue weighted by Gasteiger charge is 2.22. The highest BCUT2D eigenvalue weighted by molar-refractivity contribution is 7.89. The predicted octanol–water partition coefficient (Wildman–Crippen LogP) is 0.222. The second-order valence-electron chi connectivity index (χ2n) is 3.98. The number of nitrogens with zero attached hydrogens (tertiary/aromatic N) is 3. The summed E-state index contributed by atoms with van der Waals surface area (Å²) in [6.45, 7) is 6.05. The molecule has 0 aliphatic carbocycles. The highest BCUT2D eigenvalue weighted by atomic mass is 32.2. The second kappa shape index (κ2) is 3.90. The number of nitrogens with two attached hydrogens (primary N) is 1. The maximum atomic E-state index is 11.1. The van der Waals surface area contributed by atoms with E-state index in [-0.39, 0.29) is 11.1 Å². The molecule has 0 amide bonds. The Balaban J connectivity index is 3.22. The number of primary sulfonamides is 1. The van der Waals surface area contributed by atoms with Crippen LogP contribution in [0.5, 0.6) is 0 Å². The molecule has 0 radical (unpaired) electrons. The molecule has 0 spiro atoms. The van der Waals surface area contributed by atoms with Crippen molar-refractivity contribution in [1.82, 2.24) is 14.8 Å². The topological polar surface area (TPSA) is 90.9 Å². The van der Waals surface area contributed by atoms with Gasteiger partial charge in [0.05, 0.1) is 0 Å². The average Bonchev–Trinajstić information content (AvgIpc) is 2.44. The summed E-state index contributed by atoms with van der Waals surface area (Å²) in [4.78, 5) is 0. The van der Waals surface area contributed by atoms with Crippen molar-refractivity contribution in [2.45, 2.75) is 31.8 Å². The fourth-order valence-electron chi connectivity index (χ4n) is 1.27. The van der Waals surface area contributed by atoms with Crippen LogP contribution in [0.1, 0.15) is 32.5 Å². The molecule has 0 aromatic carbocycles. The van der Waals surface area contributed by atoms with Crippen molar-refractivity contribution in [2.75, 3.05) is 0 Å². The number of hydrogen-bond acceptors (Lipinski definition) is 4. The molecule has 15 heavy (non-hydrogen) atoms. The Labute approximate surface area is 89.5 Å². The lowest BCUT2D eigenvalue weighted by atomic mass is 9.97. The van der Waals surface area contributed by atoms with E-state index < -0.39 is 10.0 Å². The predicted molar refractivity (Wildman–Crippen MR) is 55.6 cm³/mol. The third kappa shape index (κ3) is 2.35. The average molecular weight is 232 g/mol. The Morgan fingerprint density at radius 2 is 1.80 bits per heavy atom. The number of rotatable bonds is 3. The third-order valence-corrected chi connectivity index (χ3v) is 3.39. The summed E-state index contributed by atoms with van der Waals surface area (Å²) in [6.07, 6.45) is 0. The summed E-state index contributed by atoms with van der Waals surface area (Å²) >= 11 is 0. The summed E-state index contributed by atoms with van der Waals surface area (Å²) in [6, 6.07) is 0. The van der Waals surface area contributed by atoms with Crippen LogP contribution >= 0.6 is 0 Å². The summed E-state index contributed by atoms with van der Waals surface area (Å²) in [5.74, 6) is 1.13. The molecule has 86 valence electrons. The van der Waals surface area contributed by atoms with Gasteiger partial charge in [-0.15, -0.1) is 10.2 Å². The minimum Gasteiger partial charge on any atom is -0.304 e. The lowest BCUT2D eigenvalue weighted by Crippen LogP contribution is -2.18. The smallest absolute Gasteiger partial charge is 0.273 e. The van der Waals surface area contributed by atoms with Crippen LogP contribution in [0.25, 0.3) is 0 Å². The molecule has 6 nitrogen and oxygen atoms in total. The molecular weight excluding hydrogens is 216 g/mol. The fraction of sp³-hybridized carbons (Fsp3) is 0.750. The quantitative estimate of drug-likeness (QED) is 0.807. The number of sulfonamides is 1. The molecule has 1 aromatic rings. The van der Waals surface area contributed by atoms with E-state index in [9.17, 15) is 8.42 Å². The molecule has 7 heteroatoms. The Hall–Kier alpha value is -0.950. The summed E-state index contributed by atoms with van der Waals surface area (Å²) < 4.78 is 23.7. The summed E-state index contributed by atoms with van der Waals surface area (Å²) in [5.41, 5.74) is 0. The van der Waals surface area contributed by atoms with Crippen LogP contribution in [0.2, 0.25) is 0 Å². The minimum absolute atomic E-state index is 0.137. The minimum atomic E-state index is -3.78. The third-order valence-electron chi connectivity index (χ3n) is 2.53. The fourth-order valence-corrected chi connectivity index (χ4v) is 1.90. The van der Waals surface area contributed by atoms with Crippen molar-refractivity contribution in [3.8, 4) is 0 Å². The van der Waals surface area contributed by atoms with Gasteiger partial charge in [0.15, 0.2) is 0 Å². The van der Waals surface area contributed by atoms with Crippen molar-refractivity contribution >= 4 is 10.0 Å². The van der Waals surface area contributed by atoms with E-state index >= 15 is 0 Å². The van der Waals surface area contributed by atoms with E-state index in [1.54, 1.807) is 7.05 Å². The normalized spacial score (nSPS) is 14.5. The lowest BCUT2D eigenvalue weighted by Gasteiger charge is -2.14. The van der Waals surface area contributed by atoms with Gasteiger partial charge in [-0.3, -0.25) is 0 Å². The Morgan fingerprint density at radius 3 is 2.13 bits per heavy atom. The van der Waals surface area contributed by atoms with E-state index in [0.29, 0.717) is 11.7 Å². The molecule has 1 unspecified atom stereocenters. The van der Waals surface area contributed by atoms with E-state index in [2.05, 4.69) is 10.2 Å². The molecule has 0 fully saturated rings. The molecule has 0 bridgehead atoms. The highest BCUT2D eigenvalue weighted by Crippen LogP contribution is 2.22. The van der Waals surface area contributed by atoms with Gasteiger partial charge in [0.25, 0.3) is 15.2 Å². The zero-order chi connectivity index (χ0) is 11.8. The van der Waals surface area contributed by atoms with Crippen LogP contribution in [0.4, 0.5) is 0 Å². The maximum absolute atomic E-state index is 11.1. The number of aromatic nitrogens is 3. The second-order valence-corrected chi connectivity index (χ2v) is 5.43. The molecule has 0 saturated carbocycles. The van der Waals surface area contributed by atoms with E-state index in [0.717, 1.165) is 0 Å². The molecule has 1 rings (SSSR count). The van der Waals surface area contributed by atoms with Crippen LogP contribution in [0, 0.1) is 5.92 Å². The summed E-state index contributed by atoms with van der Waals surface area (Å²) in [5, 5.41) is 12.3. The Bertz CT molecular complexity index is 449. The van der Waals surface area contributed by atoms with Crippen LogP contribution in [-0.2, 0) is 17.1 Å². The van der Waals surface area contributed by atoms with Crippen molar-refractivity contribution in [3.63, 3.8) is 0 Å². The van der Waals surface area contributed by atoms with Gasteiger partial charge in [-0.25, -0.2) is 13.6 Å². The SMILES string of the molecule is CC(C)C(C)c1nnc(S(N)(=O)=O)n1C. The zero-order valence-corrected chi connectivity index (χ0v) is 10.1.